The summed E-state index contributed by atoms with van der Waals surface area (Å²) in [7, 11) is -0.784. The van der Waals surface area contributed by atoms with Gasteiger partial charge in [-0.3, -0.25) is 4.79 Å². The van der Waals surface area contributed by atoms with Crippen LogP contribution in [0.15, 0.2) is 34.1 Å². The Bertz CT molecular complexity index is 1020. The highest BCUT2D eigenvalue weighted by Crippen LogP contribution is 2.30. The Balaban J connectivity index is 2.48. The molecule has 0 radical (unpaired) electrons. The zero-order chi connectivity index (χ0) is 15.4. The minimum atomic E-state index is -3.66. The van der Waals surface area contributed by atoms with Gasteiger partial charge in [-0.25, -0.2) is 12.7 Å². The van der Waals surface area contributed by atoms with Gasteiger partial charge in [-0.15, -0.1) is 0 Å². The highest BCUT2D eigenvalue weighted by atomic mass is 35.5. The van der Waals surface area contributed by atoms with Crippen LogP contribution in [0.3, 0.4) is 0 Å². The smallest absolute Gasteiger partial charge is 0.272 e. The van der Waals surface area contributed by atoms with E-state index in [2.05, 4.69) is 9.97 Å². The molecule has 0 unspecified atom stereocenters. The summed E-state index contributed by atoms with van der Waals surface area (Å²) in [6.07, 6.45) is 1.63. The van der Waals surface area contributed by atoms with Crippen LogP contribution in [0.2, 0.25) is 5.02 Å². The van der Waals surface area contributed by atoms with Crippen molar-refractivity contribution in [2.45, 2.75) is 4.90 Å². The van der Waals surface area contributed by atoms with Gasteiger partial charge < -0.3 is 9.97 Å². The second-order valence-electron chi connectivity index (χ2n) is 4.84. The summed E-state index contributed by atoms with van der Waals surface area (Å²) in [5.74, 6) is 0. The van der Waals surface area contributed by atoms with Crippen LogP contribution in [-0.4, -0.2) is 36.8 Å². The molecule has 0 amide bonds. The number of halogens is 1. The third-order valence-corrected chi connectivity index (χ3v) is 5.62. The average molecular weight is 326 g/mol. The van der Waals surface area contributed by atoms with Gasteiger partial charge in [-0.1, -0.05) is 11.6 Å². The van der Waals surface area contributed by atoms with Crippen molar-refractivity contribution in [2.75, 3.05) is 14.1 Å². The molecule has 110 valence electrons. The molecule has 0 atom stereocenters. The van der Waals surface area contributed by atoms with E-state index in [1.54, 1.807) is 12.3 Å². The van der Waals surface area contributed by atoms with Crippen molar-refractivity contribution in [2.24, 2.45) is 0 Å². The van der Waals surface area contributed by atoms with Gasteiger partial charge in [0.05, 0.1) is 10.5 Å². The molecule has 0 aliphatic rings. The van der Waals surface area contributed by atoms with Crippen molar-refractivity contribution in [3.05, 3.63) is 39.8 Å². The molecule has 0 aliphatic heterocycles. The van der Waals surface area contributed by atoms with Gasteiger partial charge in [0.15, 0.2) is 0 Å². The van der Waals surface area contributed by atoms with Crippen LogP contribution >= 0.6 is 11.6 Å². The molecule has 8 heteroatoms. The largest absolute Gasteiger partial charge is 0.357 e. The van der Waals surface area contributed by atoms with Crippen molar-refractivity contribution < 1.29 is 8.42 Å². The van der Waals surface area contributed by atoms with Gasteiger partial charge >= 0.3 is 0 Å². The second kappa shape index (κ2) is 4.59. The molecular weight excluding hydrogens is 314 g/mol. The molecule has 3 aromatic rings. The maximum Gasteiger partial charge on any atom is 0.272 e. The van der Waals surface area contributed by atoms with Crippen LogP contribution in [0.4, 0.5) is 0 Å². The minimum Gasteiger partial charge on any atom is -0.357 e. The number of nitrogens with one attached hydrogen (secondary N) is 2. The van der Waals surface area contributed by atoms with Gasteiger partial charge in [-0.2, -0.15) is 0 Å². The van der Waals surface area contributed by atoms with Gasteiger partial charge in [-0.05, 0) is 18.2 Å². The molecule has 6 nitrogen and oxygen atoms in total. The highest BCUT2D eigenvalue weighted by Gasteiger charge is 2.22. The normalized spacial score (nSPS) is 12.6. The minimum absolute atomic E-state index is 0.0104. The Hall–Kier alpha value is -1.83. The predicted octanol–water partition coefficient (Wildman–Crippen LogP) is 1.91. The van der Waals surface area contributed by atoms with Crippen LogP contribution in [-0.2, 0) is 10.0 Å². The van der Waals surface area contributed by atoms with Crippen LogP contribution < -0.4 is 5.56 Å². The molecule has 0 saturated carbocycles. The number of aromatic amines is 2. The Kier molecular flexibility index (Phi) is 3.09. The lowest BCUT2D eigenvalue weighted by molar-refractivity contribution is 0.521. The van der Waals surface area contributed by atoms with Crippen LogP contribution in [0.5, 0.6) is 0 Å². The number of fused-ring (bicyclic) bond motifs is 3. The zero-order valence-corrected chi connectivity index (χ0v) is 12.8. The molecule has 0 saturated heterocycles. The average Bonchev–Trinajstić information content (AvgIpc) is 2.87. The summed E-state index contributed by atoms with van der Waals surface area (Å²) in [6.45, 7) is 0. The quantitative estimate of drug-likeness (QED) is 0.754. The molecule has 0 bridgehead atoms. The predicted molar refractivity (Wildman–Crippen MR) is 82.3 cm³/mol. The Morgan fingerprint density at radius 1 is 1.19 bits per heavy atom. The molecule has 21 heavy (non-hydrogen) atoms. The van der Waals surface area contributed by atoms with Gasteiger partial charge in [0, 0.05) is 31.1 Å². The lowest BCUT2D eigenvalue weighted by Gasteiger charge is -2.13. The number of H-pyrrole nitrogens is 2. The Morgan fingerprint density at radius 3 is 2.57 bits per heavy atom. The highest BCUT2D eigenvalue weighted by molar-refractivity contribution is 7.89. The molecular formula is C13H12ClN3O3S. The number of sulfonamides is 1. The van der Waals surface area contributed by atoms with E-state index < -0.39 is 10.0 Å². The van der Waals surface area contributed by atoms with E-state index in [0.717, 1.165) is 4.31 Å². The van der Waals surface area contributed by atoms with Crippen molar-refractivity contribution in [3.63, 3.8) is 0 Å². The number of rotatable bonds is 2. The number of pyridine rings is 1. The first kappa shape index (κ1) is 14.1. The van der Waals surface area contributed by atoms with E-state index >= 15 is 0 Å². The van der Waals surface area contributed by atoms with Crippen LogP contribution in [0.25, 0.3) is 21.8 Å². The maximum absolute atomic E-state index is 12.3. The first-order valence-corrected chi connectivity index (χ1v) is 7.89. The molecule has 1 aromatic carbocycles. The molecule has 2 N–H and O–H groups in total. The van der Waals surface area contributed by atoms with Crippen molar-refractivity contribution in [3.8, 4) is 0 Å². The molecule has 0 spiro atoms. The molecule has 0 fully saturated rings. The van der Waals surface area contributed by atoms with Gasteiger partial charge in [0.2, 0.25) is 10.0 Å². The fourth-order valence-corrected chi connectivity index (χ4v) is 3.66. The summed E-state index contributed by atoms with van der Waals surface area (Å²) in [6, 6.07) is 4.67. The summed E-state index contributed by atoms with van der Waals surface area (Å²) in [4.78, 5) is 17.4. The van der Waals surface area contributed by atoms with E-state index in [1.165, 1.54) is 26.2 Å². The van der Waals surface area contributed by atoms with Crippen molar-refractivity contribution in [1.29, 1.82) is 0 Å². The summed E-state index contributed by atoms with van der Waals surface area (Å²) >= 11 is 6.07. The molecule has 3 rings (SSSR count). The van der Waals surface area contributed by atoms with E-state index in [4.69, 9.17) is 11.6 Å². The van der Waals surface area contributed by atoms with E-state index in [0.29, 0.717) is 21.8 Å². The third kappa shape index (κ3) is 2.05. The molecule has 2 heterocycles. The lowest BCUT2D eigenvalue weighted by atomic mass is 10.1. The number of hydrogen-bond acceptors (Lipinski definition) is 3. The number of nitrogens with zero attached hydrogens (tertiary/aromatic N) is 1. The SMILES string of the molecule is CN(C)S(=O)(=O)c1cc2c(cc1Cl)[nH]c(=O)c1[nH]ccc12. The fraction of sp³-hybridized carbons (Fsp3) is 0.154. The van der Waals surface area contributed by atoms with Gasteiger partial charge in [0.1, 0.15) is 10.4 Å². The van der Waals surface area contributed by atoms with Crippen LogP contribution in [0.1, 0.15) is 0 Å². The number of benzene rings is 1. The van der Waals surface area contributed by atoms with E-state index in [9.17, 15) is 13.2 Å². The number of aromatic nitrogens is 2. The fourth-order valence-electron chi connectivity index (χ4n) is 2.24. The zero-order valence-electron chi connectivity index (χ0n) is 11.3. The Labute approximate surface area is 125 Å². The molecule has 0 aliphatic carbocycles. The third-order valence-electron chi connectivity index (χ3n) is 3.34. The monoisotopic (exact) mass is 325 g/mol. The Morgan fingerprint density at radius 2 is 1.90 bits per heavy atom. The summed E-state index contributed by atoms with van der Waals surface area (Å²) < 4.78 is 25.7. The number of hydrogen-bond donors (Lipinski definition) is 2. The maximum atomic E-state index is 12.3. The first-order valence-electron chi connectivity index (χ1n) is 6.07. The first-order chi connectivity index (χ1) is 9.82. The second-order valence-corrected chi connectivity index (χ2v) is 7.36. The standard InChI is InChI=1S/C13H12ClN3O3S/c1-17(2)21(19,20)11-5-8-7-3-4-15-12(7)13(18)16-10(8)6-9(11)14/h3-6,15H,1-2H3,(H,16,18). The summed E-state index contributed by atoms with van der Waals surface area (Å²) in [5, 5.41) is 1.35. The van der Waals surface area contributed by atoms with Crippen molar-refractivity contribution in [1.82, 2.24) is 14.3 Å². The topological polar surface area (TPSA) is 86.0 Å². The van der Waals surface area contributed by atoms with E-state index in [1.807, 2.05) is 0 Å². The van der Waals surface area contributed by atoms with E-state index in [-0.39, 0.29) is 15.5 Å². The summed E-state index contributed by atoms with van der Waals surface area (Å²) in [5.41, 5.74) is 0.620. The lowest BCUT2D eigenvalue weighted by Crippen LogP contribution is -2.22. The van der Waals surface area contributed by atoms with Crippen molar-refractivity contribution >= 4 is 43.4 Å². The van der Waals surface area contributed by atoms with Gasteiger partial charge in [0.25, 0.3) is 5.56 Å². The molecule has 2 aromatic heterocycles. The van der Waals surface area contributed by atoms with Crippen LogP contribution in [0, 0.1) is 0 Å².